The summed E-state index contributed by atoms with van der Waals surface area (Å²) in [5.74, 6) is 0.261. The fourth-order valence-electron chi connectivity index (χ4n) is 2.79. The molecule has 0 aliphatic heterocycles. The van der Waals surface area contributed by atoms with Gasteiger partial charge in [0.1, 0.15) is 6.61 Å². The van der Waals surface area contributed by atoms with Crippen molar-refractivity contribution in [1.29, 1.82) is 0 Å². The first-order chi connectivity index (χ1) is 14.5. The van der Waals surface area contributed by atoms with E-state index in [4.69, 9.17) is 37.8 Å². The summed E-state index contributed by atoms with van der Waals surface area (Å²) in [5, 5.41) is 13.2. The smallest absolute Gasteiger partial charge is 0.337 e. The minimum Gasteiger partial charge on any atom is -0.490 e. The molecule has 3 rings (SSSR count). The largest absolute Gasteiger partial charge is 0.490 e. The van der Waals surface area contributed by atoms with E-state index < -0.39 is 5.97 Å². The maximum atomic E-state index is 11.1. The molecule has 0 aliphatic rings. The van der Waals surface area contributed by atoms with E-state index >= 15 is 0 Å². The van der Waals surface area contributed by atoms with E-state index in [-0.39, 0.29) is 10.6 Å². The number of rotatable bonds is 9. The number of ether oxygens (including phenoxy) is 2. The molecular weight excluding hydrogens is 425 g/mol. The van der Waals surface area contributed by atoms with E-state index in [1.54, 1.807) is 12.1 Å². The van der Waals surface area contributed by atoms with Crippen molar-refractivity contribution < 1.29 is 19.4 Å². The first-order valence-electron chi connectivity index (χ1n) is 9.36. The average molecular weight is 446 g/mol. The average Bonchev–Trinajstić information content (AvgIpc) is 2.73. The number of carboxylic acids is 1. The lowest BCUT2D eigenvalue weighted by atomic mass is 10.1. The maximum Gasteiger partial charge on any atom is 0.337 e. The van der Waals surface area contributed by atoms with Crippen LogP contribution in [0.25, 0.3) is 0 Å². The molecule has 0 saturated heterocycles. The molecular formula is C23H21Cl2NO4. The van der Waals surface area contributed by atoms with E-state index in [9.17, 15) is 4.79 Å². The normalized spacial score (nSPS) is 10.5. The molecule has 0 amide bonds. The van der Waals surface area contributed by atoms with Gasteiger partial charge in [0.2, 0.25) is 0 Å². The quantitative estimate of drug-likeness (QED) is 0.405. The summed E-state index contributed by atoms with van der Waals surface area (Å²) >= 11 is 11.9. The van der Waals surface area contributed by atoms with Crippen molar-refractivity contribution in [3.63, 3.8) is 0 Å². The fraction of sp³-hybridized carbons (Fsp3) is 0.174. The Kier molecular flexibility index (Phi) is 7.44. The summed E-state index contributed by atoms with van der Waals surface area (Å²) in [6.45, 7) is 3.35. The SMILES string of the molecule is CCOc1cc(CNc2ccc(C(=O)O)c(Cl)c2)ccc1OCc1ccc(Cl)cc1. The van der Waals surface area contributed by atoms with Crippen LogP contribution in [0, 0.1) is 0 Å². The number of aromatic carboxylic acids is 1. The summed E-state index contributed by atoms with van der Waals surface area (Å²) in [5.41, 5.74) is 2.79. The van der Waals surface area contributed by atoms with Crippen LogP contribution < -0.4 is 14.8 Å². The highest BCUT2D eigenvalue weighted by Crippen LogP contribution is 2.30. The van der Waals surface area contributed by atoms with Crippen LogP contribution in [-0.2, 0) is 13.2 Å². The van der Waals surface area contributed by atoms with Gasteiger partial charge in [0.15, 0.2) is 11.5 Å². The number of carboxylic acid groups (broad SMARTS) is 1. The topological polar surface area (TPSA) is 67.8 Å². The van der Waals surface area contributed by atoms with Gasteiger partial charge in [-0.25, -0.2) is 4.79 Å². The second kappa shape index (κ2) is 10.2. The van der Waals surface area contributed by atoms with Crippen LogP contribution >= 0.6 is 23.2 Å². The van der Waals surface area contributed by atoms with E-state index in [0.717, 1.165) is 16.8 Å². The molecule has 7 heteroatoms. The zero-order valence-electron chi connectivity index (χ0n) is 16.3. The van der Waals surface area contributed by atoms with E-state index in [2.05, 4.69) is 5.32 Å². The minimum absolute atomic E-state index is 0.0723. The van der Waals surface area contributed by atoms with Crippen molar-refractivity contribution >= 4 is 34.9 Å². The molecule has 0 aliphatic carbocycles. The van der Waals surface area contributed by atoms with Crippen molar-refractivity contribution in [2.45, 2.75) is 20.1 Å². The van der Waals surface area contributed by atoms with Crippen molar-refractivity contribution in [3.05, 3.63) is 87.4 Å². The van der Waals surface area contributed by atoms with Gasteiger partial charge in [-0.1, -0.05) is 41.4 Å². The van der Waals surface area contributed by atoms with Crippen molar-refractivity contribution in [2.24, 2.45) is 0 Å². The van der Waals surface area contributed by atoms with Gasteiger partial charge in [-0.2, -0.15) is 0 Å². The molecule has 0 heterocycles. The molecule has 5 nitrogen and oxygen atoms in total. The molecule has 156 valence electrons. The van der Waals surface area contributed by atoms with Crippen LogP contribution in [0.1, 0.15) is 28.4 Å². The summed E-state index contributed by atoms with van der Waals surface area (Å²) in [6.07, 6.45) is 0. The van der Waals surface area contributed by atoms with E-state index in [1.807, 2.05) is 49.4 Å². The number of hydrogen-bond acceptors (Lipinski definition) is 4. The van der Waals surface area contributed by atoms with Crippen LogP contribution in [-0.4, -0.2) is 17.7 Å². The lowest BCUT2D eigenvalue weighted by Gasteiger charge is -2.14. The van der Waals surface area contributed by atoms with Gasteiger partial charge in [0, 0.05) is 17.3 Å². The molecule has 3 aromatic carbocycles. The number of nitrogens with one attached hydrogen (secondary N) is 1. The predicted molar refractivity (Wildman–Crippen MR) is 119 cm³/mol. The van der Waals surface area contributed by atoms with Gasteiger partial charge in [-0.3, -0.25) is 0 Å². The maximum absolute atomic E-state index is 11.1. The zero-order valence-corrected chi connectivity index (χ0v) is 17.8. The van der Waals surface area contributed by atoms with Gasteiger partial charge in [-0.05, 0) is 60.5 Å². The highest BCUT2D eigenvalue weighted by Gasteiger charge is 2.10. The van der Waals surface area contributed by atoms with Crippen LogP contribution in [0.4, 0.5) is 5.69 Å². The third-order valence-electron chi connectivity index (χ3n) is 4.31. The monoisotopic (exact) mass is 445 g/mol. The fourth-order valence-corrected chi connectivity index (χ4v) is 3.18. The Morgan fingerprint density at radius 2 is 1.67 bits per heavy atom. The van der Waals surface area contributed by atoms with Crippen molar-refractivity contribution in [3.8, 4) is 11.5 Å². The van der Waals surface area contributed by atoms with Crippen LogP contribution in [0.3, 0.4) is 0 Å². The number of benzene rings is 3. The molecule has 0 aromatic heterocycles. The lowest BCUT2D eigenvalue weighted by molar-refractivity contribution is 0.0697. The number of anilines is 1. The van der Waals surface area contributed by atoms with Gasteiger partial charge in [-0.15, -0.1) is 0 Å². The van der Waals surface area contributed by atoms with Crippen LogP contribution in [0.5, 0.6) is 11.5 Å². The number of halogens is 2. The Morgan fingerprint density at radius 3 is 2.33 bits per heavy atom. The number of carbonyl (C=O) groups is 1. The van der Waals surface area contributed by atoms with Crippen molar-refractivity contribution in [1.82, 2.24) is 0 Å². The first kappa shape index (κ1) is 21.8. The molecule has 0 fully saturated rings. The standard InChI is InChI=1S/C23H21Cl2NO4/c1-2-29-22-11-16(13-26-18-8-9-19(23(27)28)20(25)12-18)5-10-21(22)30-14-15-3-6-17(24)7-4-15/h3-12,26H,2,13-14H2,1H3,(H,27,28). The Bertz CT molecular complexity index is 1020. The summed E-state index contributed by atoms with van der Waals surface area (Å²) in [4.78, 5) is 11.1. The molecule has 0 bridgehead atoms. The highest BCUT2D eigenvalue weighted by molar-refractivity contribution is 6.33. The first-order valence-corrected chi connectivity index (χ1v) is 10.1. The third-order valence-corrected chi connectivity index (χ3v) is 4.88. The van der Waals surface area contributed by atoms with Gasteiger partial charge >= 0.3 is 5.97 Å². The Labute approximate surface area is 185 Å². The third kappa shape index (κ3) is 5.81. The highest BCUT2D eigenvalue weighted by atomic mass is 35.5. The summed E-state index contributed by atoms with van der Waals surface area (Å²) in [7, 11) is 0. The Hall–Kier alpha value is -2.89. The molecule has 2 N–H and O–H groups in total. The zero-order chi connectivity index (χ0) is 21.5. The van der Waals surface area contributed by atoms with Crippen LogP contribution in [0.15, 0.2) is 60.7 Å². The van der Waals surface area contributed by atoms with Gasteiger partial charge in [0.25, 0.3) is 0 Å². The molecule has 0 atom stereocenters. The molecule has 0 spiro atoms. The molecule has 0 radical (unpaired) electrons. The Balaban J connectivity index is 1.67. The summed E-state index contributed by atoms with van der Waals surface area (Å²) in [6, 6.07) is 18.0. The van der Waals surface area contributed by atoms with Crippen LogP contribution in [0.2, 0.25) is 10.0 Å². The summed E-state index contributed by atoms with van der Waals surface area (Å²) < 4.78 is 11.7. The van der Waals surface area contributed by atoms with Crippen molar-refractivity contribution in [2.75, 3.05) is 11.9 Å². The molecule has 30 heavy (non-hydrogen) atoms. The second-order valence-corrected chi connectivity index (χ2v) is 7.33. The molecule has 3 aromatic rings. The van der Waals surface area contributed by atoms with E-state index in [1.165, 1.54) is 6.07 Å². The van der Waals surface area contributed by atoms with E-state index in [0.29, 0.717) is 36.3 Å². The number of hydrogen-bond donors (Lipinski definition) is 2. The minimum atomic E-state index is -1.05. The lowest BCUT2D eigenvalue weighted by Crippen LogP contribution is -2.04. The second-order valence-electron chi connectivity index (χ2n) is 6.48. The predicted octanol–water partition coefficient (Wildman–Crippen LogP) is 6.28. The molecule has 0 saturated carbocycles. The van der Waals surface area contributed by atoms with Gasteiger partial charge in [0.05, 0.1) is 17.2 Å². The molecule has 0 unspecified atom stereocenters. The Morgan fingerprint density at radius 1 is 0.933 bits per heavy atom. The van der Waals surface area contributed by atoms with Gasteiger partial charge < -0.3 is 19.9 Å².